The number of ether oxygens (including phenoxy) is 2. The number of benzene rings is 1. The summed E-state index contributed by atoms with van der Waals surface area (Å²) in [5.74, 6) is -0.243. The van der Waals surface area contributed by atoms with E-state index in [9.17, 15) is 18.3 Å². The van der Waals surface area contributed by atoms with Crippen LogP contribution in [-0.2, 0) is 24.3 Å². The Balaban J connectivity index is 2.10. The fraction of sp³-hybridized carbons (Fsp3) is 0.462. The number of carbonyl (C=O) groups is 1. The highest BCUT2D eigenvalue weighted by molar-refractivity contribution is 7.89. The zero-order chi connectivity index (χ0) is 16.2. The zero-order valence-corrected chi connectivity index (χ0v) is 12.8. The number of hydrogen-bond acceptors (Lipinski definition) is 6. The highest BCUT2D eigenvalue weighted by Crippen LogP contribution is 2.15. The van der Waals surface area contributed by atoms with Crippen LogP contribution in [0.5, 0.6) is 0 Å². The molecular formula is C13H18N2O6S. The van der Waals surface area contributed by atoms with E-state index in [-0.39, 0.29) is 30.8 Å². The summed E-state index contributed by atoms with van der Waals surface area (Å²) < 4.78 is 37.0. The summed E-state index contributed by atoms with van der Waals surface area (Å²) in [4.78, 5) is 11.0. The second kappa shape index (κ2) is 7.16. The van der Waals surface area contributed by atoms with Crippen LogP contribution in [0.15, 0.2) is 29.2 Å². The van der Waals surface area contributed by atoms with E-state index in [4.69, 9.17) is 9.47 Å². The van der Waals surface area contributed by atoms with E-state index >= 15 is 0 Å². The average Bonchev–Trinajstić information content (AvgIpc) is 2.64. The van der Waals surface area contributed by atoms with Crippen LogP contribution in [0.2, 0.25) is 0 Å². The van der Waals surface area contributed by atoms with Gasteiger partial charge in [-0.15, -0.1) is 0 Å². The molecule has 8 nitrogen and oxygen atoms in total. The number of hydrogen-bond donors (Lipinski definition) is 3. The smallest absolute Gasteiger partial charge is 0.240 e. The van der Waals surface area contributed by atoms with Crippen LogP contribution in [0.1, 0.15) is 6.92 Å². The first kappa shape index (κ1) is 16.8. The minimum Gasteiger partial charge on any atom is -0.389 e. The molecule has 1 aromatic rings. The summed E-state index contributed by atoms with van der Waals surface area (Å²) in [5, 5.41) is 12.4. The Morgan fingerprint density at radius 2 is 1.86 bits per heavy atom. The van der Waals surface area contributed by atoms with Crippen molar-refractivity contribution in [3.05, 3.63) is 24.3 Å². The van der Waals surface area contributed by atoms with Crippen LogP contribution in [-0.4, -0.2) is 51.6 Å². The average molecular weight is 330 g/mol. The normalized spacial score (nSPS) is 22.8. The van der Waals surface area contributed by atoms with Gasteiger partial charge in [-0.05, 0) is 24.3 Å². The van der Waals surface area contributed by atoms with Gasteiger partial charge in [0.1, 0.15) is 6.79 Å². The van der Waals surface area contributed by atoms with Crippen LogP contribution < -0.4 is 10.0 Å². The molecule has 0 spiro atoms. The third-order valence-corrected chi connectivity index (χ3v) is 4.51. The highest BCUT2D eigenvalue weighted by Gasteiger charge is 2.28. The van der Waals surface area contributed by atoms with Crippen LogP contribution in [0, 0.1) is 0 Å². The topological polar surface area (TPSA) is 114 Å². The molecule has 3 N–H and O–H groups in total. The molecule has 0 unspecified atom stereocenters. The lowest BCUT2D eigenvalue weighted by Crippen LogP contribution is -2.46. The summed E-state index contributed by atoms with van der Waals surface area (Å²) in [7, 11) is -3.81. The Morgan fingerprint density at radius 1 is 1.23 bits per heavy atom. The van der Waals surface area contributed by atoms with E-state index < -0.39 is 22.2 Å². The van der Waals surface area contributed by atoms with Gasteiger partial charge in [-0.25, -0.2) is 13.1 Å². The van der Waals surface area contributed by atoms with Gasteiger partial charge in [0.25, 0.3) is 0 Å². The SMILES string of the molecule is CC(=O)Nc1ccc(S(=O)(=O)N[C@@H]2COCOC[C@@H]2O)cc1. The van der Waals surface area contributed by atoms with Gasteiger partial charge in [-0.2, -0.15) is 0 Å². The molecule has 1 aliphatic heterocycles. The van der Waals surface area contributed by atoms with Crippen molar-refractivity contribution in [3.8, 4) is 0 Å². The molecular weight excluding hydrogens is 312 g/mol. The Kier molecular flexibility index (Phi) is 5.48. The van der Waals surface area contributed by atoms with E-state index in [0.29, 0.717) is 5.69 Å². The Bertz CT molecular complexity index is 616. The molecule has 22 heavy (non-hydrogen) atoms. The molecule has 0 bridgehead atoms. The Hall–Kier alpha value is -1.52. The number of amides is 1. The van der Waals surface area contributed by atoms with Crippen LogP contribution in [0.3, 0.4) is 0 Å². The third kappa shape index (κ3) is 4.49. The summed E-state index contributed by atoms with van der Waals surface area (Å²) in [6.07, 6.45) is -0.990. The van der Waals surface area contributed by atoms with Crippen molar-refractivity contribution in [2.24, 2.45) is 0 Å². The second-order valence-corrected chi connectivity index (χ2v) is 6.57. The maximum absolute atomic E-state index is 12.3. The molecule has 1 saturated heterocycles. The van der Waals surface area contributed by atoms with Crippen molar-refractivity contribution in [3.63, 3.8) is 0 Å². The number of rotatable bonds is 4. The van der Waals surface area contributed by atoms with Crippen molar-refractivity contribution < 1.29 is 27.8 Å². The van der Waals surface area contributed by atoms with E-state index in [2.05, 4.69) is 10.0 Å². The molecule has 0 aliphatic carbocycles. The summed E-state index contributed by atoms with van der Waals surface area (Å²) >= 11 is 0. The third-order valence-electron chi connectivity index (χ3n) is 3.01. The molecule has 9 heteroatoms. The quantitative estimate of drug-likeness (QED) is 0.696. The molecule has 0 radical (unpaired) electrons. The molecule has 2 atom stereocenters. The predicted octanol–water partition coefficient (Wildman–Crippen LogP) is -0.343. The standard InChI is InChI=1S/C13H18N2O6S/c1-9(16)14-10-2-4-11(5-3-10)22(18,19)15-12-6-20-8-21-7-13(12)17/h2-5,12-13,15,17H,6-8H2,1H3,(H,14,16)/t12-,13+/m1/s1. The van der Waals surface area contributed by atoms with Crippen molar-refractivity contribution in [1.82, 2.24) is 4.72 Å². The van der Waals surface area contributed by atoms with E-state index in [1.54, 1.807) is 0 Å². The molecule has 1 heterocycles. The number of aliphatic hydroxyl groups is 1. The maximum atomic E-state index is 12.3. The summed E-state index contributed by atoms with van der Waals surface area (Å²) in [6.45, 7) is 1.39. The van der Waals surface area contributed by atoms with Gasteiger partial charge in [0, 0.05) is 12.6 Å². The lowest BCUT2D eigenvalue weighted by molar-refractivity contribution is -0.114. The highest BCUT2D eigenvalue weighted by atomic mass is 32.2. The number of anilines is 1. The monoisotopic (exact) mass is 330 g/mol. The molecule has 0 saturated carbocycles. The second-order valence-electron chi connectivity index (χ2n) is 4.86. The lowest BCUT2D eigenvalue weighted by Gasteiger charge is -2.20. The predicted molar refractivity (Wildman–Crippen MR) is 77.6 cm³/mol. The van der Waals surface area contributed by atoms with Gasteiger partial charge in [-0.1, -0.05) is 0 Å². The van der Waals surface area contributed by atoms with Crippen LogP contribution in [0.4, 0.5) is 5.69 Å². The van der Waals surface area contributed by atoms with E-state index in [1.165, 1.54) is 31.2 Å². The molecule has 1 aliphatic rings. The maximum Gasteiger partial charge on any atom is 0.240 e. The van der Waals surface area contributed by atoms with Gasteiger partial charge < -0.3 is 19.9 Å². The first-order chi connectivity index (χ1) is 10.4. The molecule has 1 aromatic carbocycles. The lowest BCUT2D eigenvalue weighted by atomic mass is 10.2. The Morgan fingerprint density at radius 3 is 2.50 bits per heavy atom. The zero-order valence-electron chi connectivity index (χ0n) is 12.0. The first-order valence-electron chi connectivity index (χ1n) is 6.62. The molecule has 122 valence electrons. The van der Waals surface area contributed by atoms with Crippen LogP contribution >= 0.6 is 0 Å². The fourth-order valence-corrected chi connectivity index (χ4v) is 3.18. The van der Waals surface area contributed by atoms with Crippen molar-refractivity contribution in [1.29, 1.82) is 0 Å². The van der Waals surface area contributed by atoms with Crippen LogP contribution in [0.25, 0.3) is 0 Å². The fourth-order valence-electron chi connectivity index (χ4n) is 1.93. The van der Waals surface area contributed by atoms with Gasteiger partial charge in [0.15, 0.2) is 0 Å². The van der Waals surface area contributed by atoms with E-state index in [1.807, 2.05) is 0 Å². The molecule has 1 fully saturated rings. The van der Waals surface area contributed by atoms with Crippen molar-refractivity contribution in [2.75, 3.05) is 25.3 Å². The minimum atomic E-state index is -3.81. The molecule has 1 amide bonds. The van der Waals surface area contributed by atoms with Crippen molar-refractivity contribution in [2.45, 2.75) is 24.0 Å². The molecule has 2 rings (SSSR count). The minimum absolute atomic E-state index is 0.00530. The van der Waals surface area contributed by atoms with Gasteiger partial charge in [-0.3, -0.25) is 4.79 Å². The number of carbonyl (C=O) groups excluding carboxylic acids is 1. The van der Waals surface area contributed by atoms with Gasteiger partial charge in [0.05, 0.1) is 30.3 Å². The first-order valence-corrected chi connectivity index (χ1v) is 8.10. The number of nitrogens with one attached hydrogen (secondary N) is 2. The van der Waals surface area contributed by atoms with Crippen molar-refractivity contribution >= 4 is 21.6 Å². The summed E-state index contributed by atoms with van der Waals surface area (Å²) in [5.41, 5.74) is 0.498. The largest absolute Gasteiger partial charge is 0.389 e. The van der Waals surface area contributed by atoms with Gasteiger partial charge >= 0.3 is 0 Å². The summed E-state index contributed by atoms with van der Waals surface area (Å²) in [6, 6.07) is 4.92. The molecule has 0 aromatic heterocycles. The van der Waals surface area contributed by atoms with Gasteiger partial charge in [0.2, 0.25) is 15.9 Å². The van der Waals surface area contributed by atoms with E-state index in [0.717, 1.165) is 0 Å². The number of aliphatic hydroxyl groups excluding tert-OH is 1. The number of sulfonamides is 1. The Labute approximate surface area is 128 Å².